The Morgan fingerprint density at radius 3 is 2.18 bits per heavy atom. The van der Waals surface area contributed by atoms with Gasteiger partial charge in [-0.25, -0.2) is 0 Å². The summed E-state index contributed by atoms with van der Waals surface area (Å²) >= 11 is 0. The zero-order valence-corrected chi connectivity index (χ0v) is 6.21. The van der Waals surface area contributed by atoms with Gasteiger partial charge in [0, 0.05) is 0 Å². The van der Waals surface area contributed by atoms with Crippen LogP contribution in [0.2, 0.25) is 0 Å². The Kier molecular flexibility index (Phi) is 2.46. The van der Waals surface area contributed by atoms with Crippen LogP contribution in [-0.4, -0.2) is 46.0 Å². The monoisotopic (exact) mass is 163 g/mol. The highest BCUT2D eigenvalue weighted by Gasteiger charge is 2.39. The molecule has 1 fully saturated rings. The first-order valence-corrected chi connectivity index (χ1v) is 3.49. The molecular weight excluding hydrogens is 150 g/mol. The van der Waals surface area contributed by atoms with Gasteiger partial charge in [0.2, 0.25) is 0 Å². The topological polar surface area (TPSA) is 95.9 Å². The van der Waals surface area contributed by atoms with Crippen molar-refractivity contribution in [2.45, 2.75) is 37.6 Å². The zero-order valence-electron chi connectivity index (χ0n) is 6.21. The fourth-order valence-corrected chi connectivity index (χ4v) is 1.08. The molecule has 5 nitrogen and oxygen atoms in total. The van der Waals surface area contributed by atoms with Crippen LogP contribution >= 0.6 is 0 Å². The van der Waals surface area contributed by atoms with E-state index in [2.05, 4.69) is 0 Å². The summed E-state index contributed by atoms with van der Waals surface area (Å²) in [7, 11) is 0. The lowest BCUT2D eigenvalue weighted by molar-refractivity contribution is -0.215. The minimum Gasteiger partial charge on any atom is -0.388 e. The average molecular weight is 163 g/mol. The minimum atomic E-state index is -1.21. The molecular formula is C6H13NO4. The van der Waals surface area contributed by atoms with Gasteiger partial charge in [-0.1, -0.05) is 0 Å². The Hall–Kier alpha value is -0.200. The van der Waals surface area contributed by atoms with Gasteiger partial charge >= 0.3 is 0 Å². The smallest absolute Gasteiger partial charge is 0.135 e. The van der Waals surface area contributed by atoms with Crippen LogP contribution in [0.3, 0.4) is 0 Å². The highest BCUT2D eigenvalue weighted by Crippen LogP contribution is 2.17. The van der Waals surface area contributed by atoms with Crippen molar-refractivity contribution in [3.8, 4) is 0 Å². The molecule has 0 aliphatic carbocycles. The molecule has 0 amide bonds. The molecule has 1 aliphatic rings. The van der Waals surface area contributed by atoms with Crippen molar-refractivity contribution in [1.29, 1.82) is 0 Å². The first-order chi connectivity index (χ1) is 5.04. The number of nitrogens with two attached hydrogens (primary N) is 1. The summed E-state index contributed by atoms with van der Waals surface area (Å²) in [6.45, 7) is 1.58. The van der Waals surface area contributed by atoms with Crippen LogP contribution in [0.5, 0.6) is 0 Å². The molecule has 2 unspecified atom stereocenters. The normalized spacial score (nSPS) is 52.6. The molecule has 5 N–H and O–H groups in total. The molecule has 5 heteroatoms. The van der Waals surface area contributed by atoms with Crippen LogP contribution in [0, 0.1) is 0 Å². The number of aliphatic hydroxyl groups is 3. The highest BCUT2D eigenvalue weighted by atomic mass is 16.5. The van der Waals surface area contributed by atoms with E-state index in [1.54, 1.807) is 6.92 Å². The predicted octanol–water partition coefficient (Wildman–Crippen LogP) is -2.23. The second kappa shape index (κ2) is 3.04. The van der Waals surface area contributed by atoms with E-state index in [1.165, 1.54) is 0 Å². The zero-order chi connectivity index (χ0) is 8.59. The van der Waals surface area contributed by atoms with Gasteiger partial charge in [-0.15, -0.1) is 0 Å². The third-order valence-electron chi connectivity index (χ3n) is 1.89. The number of hydrogen-bond donors (Lipinski definition) is 4. The number of hydrogen-bond acceptors (Lipinski definition) is 5. The third kappa shape index (κ3) is 1.52. The Morgan fingerprint density at radius 2 is 1.64 bits per heavy atom. The van der Waals surface area contributed by atoms with E-state index in [0.29, 0.717) is 0 Å². The van der Waals surface area contributed by atoms with Crippen molar-refractivity contribution >= 4 is 0 Å². The maximum Gasteiger partial charge on any atom is 0.135 e. The molecule has 0 bridgehead atoms. The van der Waals surface area contributed by atoms with Crippen molar-refractivity contribution in [1.82, 2.24) is 0 Å². The largest absolute Gasteiger partial charge is 0.388 e. The molecule has 66 valence electrons. The maximum atomic E-state index is 9.14. The Bertz CT molecular complexity index is 129. The lowest BCUT2D eigenvalue weighted by atomic mass is 9.99. The third-order valence-corrected chi connectivity index (χ3v) is 1.89. The van der Waals surface area contributed by atoms with Gasteiger partial charge in [0.25, 0.3) is 0 Å². The summed E-state index contributed by atoms with van der Waals surface area (Å²) in [5.41, 5.74) is 5.28. The second-order valence-electron chi connectivity index (χ2n) is 2.78. The van der Waals surface area contributed by atoms with Gasteiger partial charge in [0.1, 0.15) is 24.5 Å². The van der Waals surface area contributed by atoms with E-state index in [1.807, 2.05) is 0 Å². The van der Waals surface area contributed by atoms with Crippen LogP contribution in [0.15, 0.2) is 0 Å². The van der Waals surface area contributed by atoms with Crippen LogP contribution in [0.4, 0.5) is 0 Å². The fourth-order valence-electron chi connectivity index (χ4n) is 1.08. The molecule has 1 rings (SSSR count). The SMILES string of the molecule is CC1O[C@@H](N)C(O)[C@H](O)[C@H]1O. The number of ether oxygens (including phenoxy) is 1. The van der Waals surface area contributed by atoms with Gasteiger partial charge in [-0.3, -0.25) is 0 Å². The van der Waals surface area contributed by atoms with Crippen LogP contribution < -0.4 is 5.73 Å². The maximum absolute atomic E-state index is 9.14. The molecule has 0 aromatic heterocycles. The summed E-state index contributed by atoms with van der Waals surface area (Å²) in [4.78, 5) is 0. The molecule has 1 saturated heterocycles. The summed E-state index contributed by atoms with van der Waals surface area (Å²) in [5.74, 6) is 0. The fraction of sp³-hybridized carbons (Fsp3) is 1.00. The number of rotatable bonds is 0. The molecule has 11 heavy (non-hydrogen) atoms. The van der Waals surface area contributed by atoms with Gasteiger partial charge in [0.15, 0.2) is 0 Å². The van der Waals surface area contributed by atoms with Crippen molar-refractivity contribution in [2.75, 3.05) is 0 Å². The first kappa shape index (κ1) is 8.89. The van der Waals surface area contributed by atoms with Gasteiger partial charge in [0.05, 0.1) is 6.10 Å². The van der Waals surface area contributed by atoms with Gasteiger partial charge in [-0.05, 0) is 6.92 Å². The molecule has 0 aromatic rings. The summed E-state index contributed by atoms with van der Waals surface area (Å²) in [5, 5.41) is 27.3. The lowest BCUT2D eigenvalue weighted by Gasteiger charge is -2.37. The molecule has 1 heterocycles. The van der Waals surface area contributed by atoms with Gasteiger partial charge in [-0.2, -0.15) is 0 Å². The van der Waals surface area contributed by atoms with Crippen molar-refractivity contribution in [3.63, 3.8) is 0 Å². The van der Waals surface area contributed by atoms with E-state index in [9.17, 15) is 0 Å². The molecule has 0 saturated carbocycles. The molecule has 0 spiro atoms. The van der Waals surface area contributed by atoms with Crippen LogP contribution in [-0.2, 0) is 4.74 Å². The quantitative estimate of drug-likeness (QED) is 0.324. The molecule has 5 atom stereocenters. The van der Waals surface area contributed by atoms with Crippen LogP contribution in [0.25, 0.3) is 0 Å². The van der Waals surface area contributed by atoms with E-state index in [0.717, 1.165) is 0 Å². The molecule has 0 radical (unpaired) electrons. The van der Waals surface area contributed by atoms with E-state index in [4.69, 9.17) is 25.8 Å². The summed E-state index contributed by atoms with van der Waals surface area (Å²) in [6.07, 6.45) is -4.94. The average Bonchev–Trinajstić information content (AvgIpc) is 1.97. The van der Waals surface area contributed by atoms with Crippen molar-refractivity contribution < 1.29 is 20.1 Å². The lowest BCUT2D eigenvalue weighted by Crippen LogP contribution is -2.59. The standard InChI is InChI=1S/C6H13NO4/c1-2-3(8)4(9)5(10)6(7)11-2/h2-6,8-10H,7H2,1H3/t2?,3-,4+,5?,6+/m0/s1. The number of aliphatic hydroxyl groups excluding tert-OH is 3. The summed E-state index contributed by atoms with van der Waals surface area (Å²) in [6, 6.07) is 0. The molecule has 1 aliphatic heterocycles. The first-order valence-electron chi connectivity index (χ1n) is 3.49. The van der Waals surface area contributed by atoms with Gasteiger partial charge < -0.3 is 25.8 Å². The van der Waals surface area contributed by atoms with Crippen LogP contribution in [0.1, 0.15) is 6.92 Å². The van der Waals surface area contributed by atoms with E-state index in [-0.39, 0.29) is 0 Å². The second-order valence-corrected chi connectivity index (χ2v) is 2.78. The van der Waals surface area contributed by atoms with Crippen molar-refractivity contribution in [2.24, 2.45) is 5.73 Å². The van der Waals surface area contributed by atoms with Crippen molar-refractivity contribution in [3.05, 3.63) is 0 Å². The summed E-state index contributed by atoms with van der Waals surface area (Å²) < 4.78 is 4.90. The minimum absolute atomic E-state index is 0.539. The highest BCUT2D eigenvalue weighted by molar-refractivity contribution is 4.87. The molecule has 0 aromatic carbocycles. The Balaban J connectivity index is 2.63. The predicted molar refractivity (Wildman–Crippen MR) is 36.5 cm³/mol. The Labute approximate surface area is 64.4 Å². The Morgan fingerprint density at radius 1 is 1.09 bits per heavy atom. The van der Waals surface area contributed by atoms with E-state index >= 15 is 0 Å². The van der Waals surface area contributed by atoms with E-state index < -0.39 is 30.6 Å².